The molecule has 4 rings (SSSR count). The summed E-state index contributed by atoms with van der Waals surface area (Å²) in [5, 5.41) is 11.8. The lowest BCUT2D eigenvalue weighted by molar-refractivity contribution is 0.0706. The van der Waals surface area contributed by atoms with Gasteiger partial charge in [0.2, 0.25) is 0 Å². The first-order valence-electron chi connectivity index (χ1n) is 9.07. The summed E-state index contributed by atoms with van der Waals surface area (Å²) in [6.45, 7) is 0. The van der Waals surface area contributed by atoms with Gasteiger partial charge in [-0.05, 0) is 53.6 Å². The molecule has 1 amide bonds. The Bertz CT molecular complexity index is 1120. The van der Waals surface area contributed by atoms with E-state index in [1.807, 2.05) is 6.07 Å². The molecular formula is C22H19FN2O5. The van der Waals surface area contributed by atoms with Gasteiger partial charge in [0.15, 0.2) is 17.7 Å². The molecule has 8 heteroatoms. The van der Waals surface area contributed by atoms with Crippen LogP contribution in [0.4, 0.5) is 10.1 Å². The van der Waals surface area contributed by atoms with E-state index in [1.165, 1.54) is 18.2 Å². The van der Waals surface area contributed by atoms with Gasteiger partial charge >= 0.3 is 0 Å². The van der Waals surface area contributed by atoms with Crippen LogP contribution in [-0.4, -0.2) is 25.3 Å². The normalized spacial score (nSPS) is 14.3. The zero-order valence-corrected chi connectivity index (χ0v) is 16.2. The monoisotopic (exact) mass is 410 g/mol. The molecule has 7 nitrogen and oxygen atoms in total. The Morgan fingerprint density at radius 1 is 1.03 bits per heavy atom. The third-order valence-corrected chi connectivity index (χ3v) is 4.87. The van der Waals surface area contributed by atoms with Crippen molar-refractivity contribution in [1.29, 1.82) is 0 Å². The lowest BCUT2D eigenvalue weighted by Gasteiger charge is -2.14. The fraction of sp³-hybridized carbons (Fsp3) is 0.136. The van der Waals surface area contributed by atoms with E-state index < -0.39 is 18.0 Å². The third kappa shape index (κ3) is 3.48. The molecule has 0 aliphatic carbocycles. The van der Waals surface area contributed by atoms with Gasteiger partial charge in [0.25, 0.3) is 5.91 Å². The Balaban J connectivity index is 1.59. The van der Waals surface area contributed by atoms with Crippen molar-refractivity contribution in [2.24, 2.45) is 0 Å². The zero-order chi connectivity index (χ0) is 21.3. The number of carbonyl (C=O) groups excluding carboxylic acids is 1. The average Bonchev–Trinajstić information content (AvgIpc) is 3.20. The minimum absolute atomic E-state index is 0.247. The van der Waals surface area contributed by atoms with Gasteiger partial charge in [0.1, 0.15) is 11.6 Å². The quantitative estimate of drug-likeness (QED) is 0.433. The van der Waals surface area contributed by atoms with Crippen molar-refractivity contribution in [2.75, 3.05) is 19.5 Å². The van der Waals surface area contributed by atoms with E-state index in [0.29, 0.717) is 34.1 Å². The maximum absolute atomic E-state index is 14.9. The predicted octanol–water partition coefficient (Wildman–Crippen LogP) is 4.13. The molecule has 0 radical (unpaired) electrons. The van der Waals surface area contributed by atoms with Crippen LogP contribution >= 0.6 is 0 Å². The first-order valence-corrected chi connectivity index (χ1v) is 9.07. The molecule has 1 aliphatic rings. The molecule has 0 saturated carbocycles. The summed E-state index contributed by atoms with van der Waals surface area (Å²) in [5.41, 5.74) is 4.13. The van der Waals surface area contributed by atoms with Crippen LogP contribution in [0.1, 0.15) is 22.1 Å². The van der Waals surface area contributed by atoms with E-state index in [1.54, 1.807) is 50.0 Å². The summed E-state index contributed by atoms with van der Waals surface area (Å²) in [4.78, 5) is 11.6. The van der Waals surface area contributed by atoms with Gasteiger partial charge in [0.05, 0.1) is 19.9 Å². The van der Waals surface area contributed by atoms with Crippen molar-refractivity contribution < 1.29 is 28.6 Å². The highest BCUT2D eigenvalue weighted by Gasteiger charge is 2.27. The van der Waals surface area contributed by atoms with E-state index in [4.69, 9.17) is 19.4 Å². The number of benzene rings is 3. The first-order chi connectivity index (χ1) is 14.5. The van der Waals surface area contributed by atoms with Crippen molar-refractivity contribution in [3.8, 4) is 28.4 Å². The van der Waals surface area contributed by atoms with Crippen LogP contribution in [0.15, 0.2) is 54.6 Å². The second-order valence-electron chi connectivity index (χ2n) is 6.60. The number of amides is 1. The van der Waals surface area contributed by atoms with Gasteiger partial charge < -0.3 is 19.5 Å². The topological polar surface area (TPSA) is 89.1 Å². The Hall–Kier alpha value is -3.78. The van der Waals surface area contributed by atoms with Gasteiger partial charge in [-0.15, -0.1) is 0 Å². The number of anilines is 1. The Morgan fingerprint density at radius 2 is 1.77 bits per heavy atom. The zero-order valence-electron chi connectivity index (χ0n) is 16.2. The van der Waals surface area contributed by atoms with Crippen LogP contribution in [0.5, 0.6) is 17.2 Å². The number of carbonyl (C=O) groups is 1. The number of hydrogen-bond acceptors (Lipinski definition) is 6. The minimum Gasteiger partial charge on any atom is -0.493 e. The highest BCUT2D eigenvalue weighted by Crippen LogP contribution is 2.40. The Morgan fingerprint density at radius 3 is 2.47 bits per heavy atom. The maximum Gasteiger partial charge on any atom is 0.274 e. The lowest BCUT2D eigenvalue weighted by Crippen LogP contribution is -2.18. The largest absolute Gasteiger partial charge is 0.493 e. The number of methoxy groups -OCH3 is 2. The predicted molar refractivity (Wildman–Crippen MR) is 108 cm³/mol. The Kier molecular flexibility index (Phi) is 5.16. The SMILES string of the molecule is COc1ccc(-c2ccc(C3Nc4cc(C(=O)NO)ccc4O3)c(F)c2)cc1OC. The second-order valence-corrected chi connectivity index (χ2v) is 6.60. The molecule has 0 spiro atoms. The molecule has 3 aromatic carbocycles. The van der Waals surface area contributed by atoms with Crippen molar-refractivity contribution >= 4 is 11.6 Å². The fourth-order valence-electron chi connectivity index (χ4n) is 3.33. The van der Waals surface area contributed by atoms with Crippen LogP contribution in [0.2, 0.25) is 0 Å². The highest BCUT2D eigenvalue weighted by molar-refractivity contribution is 5.95. The smallest absolute Gasteiger partial charge is 0.274 e. The summed E-state index contributed by atoms with van der Waals surface area (Å²) in [7, 11) is 3.10. The molecule has 1 aliphatic heterocycles. The number of rotatable bonds is 5. The van der Waals surface area contributed by atoms with E-state index in [2.05, 4.69) is 5.32 Å². The minimum atomic E-state index is -0.744. The highest BCUT2D eigenvalue weighted by atomic mass is 19.1. The van der Waals surface area contributed by atoms with E-state index in [9.17, 15) is 9.18 Å². The number of hydrogen-bond donors (Lipinski definition) is 3. The molecule has 0 bridgehead atoms. The summed E-state index contributed by atoms with van der Waals surface area (Å²) >= 11 is 0. The molecule has 30 heavy (non-hydrogen) atoms. The van der Waals surface area contributed by atoms with Crippen LogP contribution in [0.25, 0.3) is 11.1 Å². The second kappa shape index (κ2) is 7.92. The van der Waals surface area contributed by atoms with Crippen LogP contribution in [0.3, 0.4) is 0 Å². The van der Waals surface area contributed by atoms with Gasteiger partial charge in [0, 0.05) is 11.1 Å². The molecule has 1 unspecified atom stereocenters. The summed E-state index contributed by atoms with van der Waals surface area (Å²) < 4.78 is 31.2. The number of ether oxygens (including phenoxy) is 3. The maximum atomic E-state index is 14.9. The van der Waals surface area contributed by atoms with E-state index >= 15 is 0 Å². The molecule has 154 valence electrons. The van der Waals surface area contributed by atoms with Crippen LogP contribution < -0.4 is 25.0 Å². The van der Waals surface area contributed by atoms with Crippen molar-refractivity contribution in [1.82, 2.24) is 5.48 Å². The summed E-state index contributed by atoms with van der Waals surface area (Å²) in [5.74, 6) is 0.541. The van der Waals surface area contributed by atoms with Crippen LogP contribution in [0, 0.1) is 5.82 Å². The molecule has 0 saturated heterocycles. The molecule has 1 heterocycles. The van der Waals surface area contributed by atoms with Crippen molar-refractivity contribution in [2.45, 2.75) is 6.23 Å². The first kappa shape index (κ1) is 19.5. The number of fused-ring (bicyclic) bond motifs is 1. The molecule has 0 fully saturated rings. The molecule has 3 aromatic rings. The average molecular weight is 410 g/mol. The summed E-state index contributed by atoms with van der Waals surface area (Å²) in [6, 6.07) is 14.8. The molecule has 3 N–H and O–H groups in total. The van der Waals surface area contributed by atoms with Gasteiger partial charge in [-0.3, -0.25) is 10.0 Å². The van der Waals surface area contributed by atoms with Crippen molar-refractivity contribution in [3.05, 3.63) is 71.5 Å². The molecule has 0 aromatic heterocycles. The van der Waals surface area contributed by atoms with E-state index in [-0.39, 0.29) is 5.56 Å². The molecule has 1 atom stereocenters. The molecular weight excluding hydrogens is 391 g/mol. The van der Waals surface area contributed by atoms with Gasteiger partial charge in [-0.25, -0.2) is 9.87 Å². The number of nitrogens with one attached hydrogen (secondary N) is 2. The standard InChI is InChI=1S/C22H19FN2O5/c1-28-19-8-4-13(11-20(19)29-2)12-3-6-15(16(23)9-12)22-24-17-10-14(21(26)25-27)5-7-18(17)30-22/h3-11,22,24,27H,1-2H3,(H,25,26). The number of hydroxylamine groups is 1. The Labute approximate surface area is 172 Å². The van der Waals surface area contributed by atoms with Gasteiger partial charge in [-0.1, -0.05) is 12.1 Å². The van der Waals surface area contributed by atoms with Crippen LogP contribution in [-0.2, 0) is 0 Å². The lowest BCUT2D eigenvalue weighted by atomic mass is 10.0. The van der Waals surface area contributed by atoms with E-state index in [0.717, 1.165) is 5.56 Å². The number of halogens is 1. The van der Waals surface area contributed by atoms with Crippen molar-refractivity contribution in [3.63, 3.8) is 0 Å². The fourth-order valence-corrected chi connectivity index (χ4v) is 3.33. The third-order valence-electron chi connectivity index (χ3n) is 4.87. The van der Waals surface area contributed by atoms with Gasteiger partial charge in [-0.2, -0.15) is 0 Å². The summed E-state index contributed by atoms with van der Waals surface area (Å²) in [6.07, 6.45) is -0.744.